The standard InChI is InChI=1S/2C21H19N3.2BF4.2Cu/c2*1-3-8-18(9-4-1)14-22-16-20-12-7-13-21(24-20)17-23-15-19-10-5-2-6-11-19;2*2-1(3,4)5;;/h2*1-13,16-17H,14-15H2;;;;/q;;2*-1;2*+1. The molecule has 0 saturated carbocycles. The molecule has 6 aromatic rings. The van der Waals surface area contributed by atoms with E-state index in [1.807, 2.05) is 134 Å². The second kappa shape index (κ2) is 29.6. The molecule has 6 nitrogen and oxygen atoms in total. The van der Waals surface area contributed by atoms with Crippen LogP contribution in [0.4, 0.5) is 34.5 Å². The first-order valence-electron chi connectivity index (χ1n) is 17.6. The quantitative estimate of drug-likeness (QED) is 0.0696. The molecule has 0 amide bonds. The van der Waals surface area contributed by atoms with Gasteiger partial charge in [-0.25, -0.2) is 9.97 Å². The fourth-order valence-electron chi connectivity index (χ4n) is 4.54. The number of aromatic nitrogens is 2. The van der Waals surface area contributed by atoms with Crippen LogP contribution in [0, 0.1) is 0 Å². The molecule has 320 valence electrons. The van der Waals surface area contributed by atoms with Crippen LogP contribution >= 0.6 is 0 Å². The predicted molar refractivity (Wildman–Crippen MR) is 220 cm³/mol. The van der Waals surface area contributed by atoms with E-state index in [0.29, 0.717) is 26.2 Å². The van der Waals surface area contributed by atoms with Gasteiger partial charge in [0.1, 0.15) is 0 Å². The molecule has 2 aromatic heterocycles. The molecule has 0 N–H and O–H groups in total. The average molecular weight is 928 g/mol. The Morgan fingerprint density at radius 2 is 0.500 bits per heavy atom. The van der Waals surface area contributed by atoms with Gasteiger partial charge in [0, 0.05) is 24.9 Å². The van der Waals surface area contributed by atoms with Crippen LogP contribution in [0.25, 0.3) is 0 Å². The summed E-state index contributed by atoms with van der Waals surface area (Å²) in [7, 11) is -12.0. The molecular formula is C42H38B2Cu2F8N6. The summed E-state index contributed by atoms with van der Waals surface area (Å²) in [5, 5.41) is 0. The fraction of sp³-hybridized carbons (Fsp3) is 0.0952. The largest absolute Gasteiger partial charge is 1.00 e. The summed E-state index contributed by atoms with van der Waals surface area (Å²) in [5.74, 6) is 0. The molecule has 0 fully saturated rings. The van der Waals surface area contributed by atoms with E-state index in [0.717, 1.165) is 22.8 Å². The summed E-state index contributed by atoms with van der Waals surface area (Å²) in [6, 6.07) is 52.5. The maximum absolute atomic E-state index is 9.75. The molecule has 2 heterocycles. The molecule has 0 aliphatic carbocycles. The van der Waals surface area contributed by atoms with Gasteiger partial charge in [-0.15, -0.1) is 0 Å². The molecule has 0 bridgehead atoms. The predicted octanol–water partition coefficient (Wildman–Crippen LogP) is 11.2. The van der Waals surface area contributed by atoms with Crippen molar-refractivity contribution in [2.75, 3.05) is 0 Å². The van der Waals surface area contributed by atoms with Gasteiger partial charge in [-0.05, 0) is 46.5 Å². The third-order valence-electron chi connectivity index (χ3n) is 6.95. The van der Waals surface area contributed by atoms with E-state index in [-0.39, 0.29) is 34.1 Å². The molecule has 0 saturated heterocycles. The number of rotatable bonds is 12. The van der Waals surface area contributed by atoms with Gasteiger partial charge in [0.05, 0.1) is 49.0 Å². The summed E-state index contributed by atoms with van der Waals surface area (Å²) in [4.78, 5) is 26.9. The van der Waals surface area contributed by atoms with Gasteiger partial charge in [0.25, 0.3) is 0 Å². The Balaban J connectivity index is 0.000000477. The summed E-state index contributed by atoms with van der Waals surface area (Å²) in [6.45, 7) is 2.65. The maximum atomic E-state index is 9.75. The Bertz CT molecular complexity index is 1850. The molecule has 0 aliphatic heterocycles. The number of aliphatic imine (C=N–C) groups is 4. The Labute approximate surface area is 365 Å². The molecule has 18 heteroatoms. The van der Waals surface area contributed by atoms with E-state index in [2.05, 4.69) is 78.5 Å². The van der Waals surface area contributed by atoms with Crippen LogP contribution in [0.5, 0.6) is 0 Å². The summed E-state index contributed by atoms with van der Waals surface area (Å²) >= 11 is 0. The van der Waals surface area contributed by atoms with E-state index in [1.54, 1.807) is 0 Å². The van der Waals surface area contributed by atoms with Crippen LogP contribution in [0.2, 0.25) is 0 Å². The van der Waals surface area contributed by atoms with Gasteiger partial charge in [-0.1, -0.05) is 133 Å². The second-order valence-electron chi connectivity index (χ2n) is 11.8. The molecule has 0 unspecified atom stereocenters. The van der Waals surface area contributed by atoms with Crippen molar-refractivity contribution < 1.29 is 68.7 Å². The van der Waals surface area contributed by atoms with Crippen LogP contribution in [0.1, 0.15) is 45.0 Å². The van der Waals surface area contributed by atoms with Crippen molar-refractivity contribution >= 4 is 39.4 Å². The zero-order chi connectivity index (χ0) is 41.9. The summed E-state index contributed by atoms with van der Waals surface area (Å²) in [5.41, 5.74) is 8.13. The van der Waals surface area contributed by atoms with Crippen molar-refractivity contribution in [1.29, 1.82) is 0 Å². The van der Waals surface area contributed by atoms with Gasteiger partial charge in [0.2, 0.25) is 0 Å². The van der Waals surface area contributed by atoms with E-state index < -0.39 is 14.5 Å². The zero-order valence-corrected chi connectivity index (χ0v) is 33.5. The van der Waals surface area contributed by atoms with Crippen LogP contribution in [0.3, 0.4) is 0 Å². The van der Waals surface area contributed by atoms with Crippen molar-refractivity contribution in [3.8, 4) is 0 Å². The molecule has 0 aliphatic rings. The van der Waals surface area contributed by atoms with Crippen molar-refractivity contribution in [2.45, 2.75) is 26.2 Å². The summed E-state index contributed by atoms with van der Waals surface area (Å²) < 4.78 is 78.0. The van der Waals surface area contributed by atoms with Crippen LogP contribution < -0.4 is 0 Å². The normalized spacial score (nSPS) is 11.1. The Morgan fingerprint density at radius 1 is 0.317 bits per heavy atom. The minimum absolute atomic E-state index is 0. The molecular weight excluding hydrogens is 889 g/mol. The number of nitrogens with zero attached hydrogens (tertiary/aromatic N) is 6. The van der Waals surface area contributed by atoms with Gasteiger partial charge >= 0.3 is 48.6 Å². The SMILES string of the molecule is C(=NCc1ccccc1)c1cccc(C=NCc2ccccc2)n1.C(=NCc1ccccc1)c1cccc(C=NCc2ccccc2)n1.F[B-](F)(F)F.F[B-](F)(F)F.[Cu+].[Cu+]. The maximum Gasteiger partial charge on any atom is 1.00 e. The Hall–Kier alpha value is -5.53. The average Bonchev–Trinajstić information content (AvgIpc) is 3.19. The smallest absolute Gasteiger partial charge is 0.418 e. The van der Waals surface area contributed by atoms with Crippen molar-refractivity contribution in [3.05, 3.63) is 203 Å². The van der Waals surface area contributed by atoms with Gasteiger partial charge in [0.15, 0.2) is 0 Å². The first-order chi connectivity index (χ1) is 27.8. The van der Waals surface area contributed by atoms with Crippen LogP contribution in [-0.2, 0) is 60.3 Å². The third kappa shape index (κ3) is 28.0. The van der Waals surface area contributed by atoms with E-state index in [9.17, 15) is 34.5 Å². The number of benzene rings is 4. The Kier molecular flexibility index (Phi) is 25.9. The van der Waals surface area contributed by atoms with E-state index in [4.69, 9.17) is 0 Å². The first-order valence-corrected chi connectivity index (χ1v) is 17.6. The zero-order valence-electron chi connectivity index (χ0n) is 31.6. The van der Waals surface area contributed by atoms with Crippen molar-refractivity contribution in [1.82, 2.24) is 9.97 Å². The van der Waals surface area contributed by atoms with Crippen LogP contribution in [-0.4, -0.2) is 49.3 Å². The minimum Gasteiger partial charge on any atom is -0.418 e. The van der Waals surface area contributed by atoms with Crippen molar-refractivity contribution in [3.63, 3.8) is 0 Å². The molecule has 0 spiro atoms. The Morgan fingerprint density at radius 3 is 0.683 bits per heavy atom. The monoisotopic (exact) mass is 926 g/mol. The molecule has 60 heavy (non-hydrogen) atoms. The van der Waals surface area contributed by atoms with E-state index in [1.165, 1.54) is 22.3 Å². The summed E-state index contributed by atoms with van der Waals surface area (Å²) in [6.07, 6.45) is 7.23. The third-order valence-corrected chi connectivity index (χ3v) is 6.95. The van der Waals surface area contributed by atoms with Gasteiger partial charge in [-0.3, -0.25) is 20.0 Å². The van der Waals surface area contributed by atoms with Crippen molar-refractivity contribution in [2.24, 2.45) is 20.0 Å². The topological polar surface area (TPSA) is 75.2 Å². The number of pyridine rings is 2. The molecule has 0 radical (unpaired) electrons. The second-order valence-corrected chi connectivity index (χ2v) is 11.8. The number of hydrogen-bond acceptors (Lipinski definition) is 6. The molecule has 6 rings (SSSR count). The molecule has 4 aromatic carbocycles. The molecule has 0 atom stereocenters. The number of hydrogen-bond donors (Lipinski definition) is 0. The van der Waals surface area contributed by atoms with Gasteiger partial charge in [-0.2, -0.15) is 0 Å². The number of halogens is 8. The van der Waals surface area contributed by atoms with E-state index >= 15 is 0 Å². The van der Waals surface area contributed by atoms with Gasteiger partial charge < -0.3 is 34.5 Å². The fourth-order valence-corrected chi connectivity index (χ4v) is 4.54. The first kappa shape index (κ1) is 52.5. The van der Waals surface area contributed by atoms with Crippen LogP contribution in [0.15, 0.2) is 178 Å². The minimum atomic E-state index is -6.00.